The molecule has 3 aromatic rings. The lowest BCUT2D eigenvalue weighted by Gasteiger charge is -2.52. The molecule has 1 saturated heterocycles. The molecule has 5 nitrogen and oxygen atoms in total. The normalized spacial score (nSPS) is 18.0. The lowest BCUT2D eigenvalue weighted by atomic mass is 9.89. The number of hydrogen-bond acceptors (Lipinski definition) is 4. The third-order valence-electron chi connectivity index (χ3n) is 6.54. The summed E-state index contributed by atoms with van der Waals surface area (Å²) < 4.78 is 0. The van der Waals surface area contributed by atoms with Gasteiger partial charge in [0.25, 0.3) is 5.91 Å². The van der Waals surface area contributed by atoms with E-state index >= 15 is 0 Å². The van der Waals surface area contributed by atoms with Gasteiger partial charge in [0, 0.05) is 50.9 Å². The number of fused-ring (bicyclic) bond motifs is 1. The standard InChI is InChI=1S/C26H28N4O/c1-20-9-11-21(12-10-20)18-30-25(31)23-7-2-3-8-24(23)28-26(30)13-16-29(17-14-26)19-22-6-4-5-15-27-22/h2-12,15,28H,13-14,16-19H2,1H3. The monoisotopic (exact) mass is 412 g/mol. The first kappa shape index (κ1) is 19.8. The van der Waals surface area contributed by atoms with Crippen molar-refractivity contribution in [1.29, 1.82) is 0 Å². The zero-order chi connectivity index (χ0) is 21.3. The maximum Gasteiger partial charge on any atom is 0.258 e. The van der Waals surface area contributed by atoms with Crippen molar-refractivity contribution in [1.82, 2.24) is 14.8 Å². The average molecular weight is 413 g/mol. The Morgan fingerprint density at radius 1 is 0.935 bits per heavy atom. The number of para-hydroxylation sites is 1. The van der Waals surface area contributed by atoms with Crippen LogP contribution in [0.15, 0.2) is 72.9 Å². The fraction of sp³-hybridized carbons (Fsp3) is 0.308. The van der Waals surface area contributed by atoms with E-state index < -0.39 is 0 Å². The van der Waals surface area contributed by atoms with Crippen LogP contribution in [0.2, 0.25) is 0 Å². The van der Waals surface area contributed by atoms with E-state index in [1.807, 2.05) is 42.6 Å². The second kappa shape index (κ2) is 8.16. The van der Waals surface area contributed by atoms with Gasteiger partial charge in [0.1, 0.15) is 5.66 Å². The number of nitrogens with zero attached hydrogens (tertiary/aromatic N) is 3. The van der Waals surface area contributed by atoms with Gasteiger partial charge in [0.2, 0.25) is 0 Å². The van der Waals surface area contributed by atoms with Crippen molar-refractivity contribution in [3.05, 3.63) is 95.3 Å². The Hall–Kier alpha value is -3.18. The molecule has 0 atom stereocenters. The number of carbonyl (C=O) groups excluding carboxylic acids is 1. The summed E-state index contributed by atoms with van der Waals surface area (Å²) in [5.41, 5.74) is 4.83. The van der Waals surface area contributed by atoms with Crippen molar-refractivity contribution in [3.63, 3.8) is 0 Å². The van der Waals surface area contributed by atoms with Gasteiger partial charge < -0.3 is 10.2 Å². The highest BCUT2D eigenvalue weighted by Crippen LogP contribution is 2.39. The maximum absolute atomic E-state index is 13.6. The Kier molecular flexibility index (Phi) is 5.20. The molecule has 0 saturated carbocycles. The molecule has 158 valence electrons. The number of hydrogen-bond donors (Lipinski definition) is 1. The molecule has 1 aromatic heterocycles. The summed E-state index contributed by atoms with van der Waals surface area (Å²) in [6.45, 7) is 5.39. The number of aromatic nitrogens is 1. The van der Waals surface area contributed by atoms with Crippen LogP contribution in [-0.4, -0.2) is 39.4 Å². The smallest absolute Gasteiger partial charge is 0.258 e. The van der Waals surface area contributed by atoms with Gasteiger partial charge in [-0.05, 0) is 36.8 Å². The van der Waals surface area contributed by atoms with Gasteiger partial charge in [-0.3, -0.25) is 14.7 Å². The molecule has 1 N–H and O–H groups in total. The van der Waals surface area contributed by atoms with E-state index in [9.17, 15) is 4.79 Å². The minimum absolute atomic E-state index is 0.119. The summed E-state index contributed by atoms with van der Waals surface area (Å²) in [5, 5.41) is 3.77. The molecule has 2 aliphatic heterocycles. The number of likely N-dealkylation sites (tertiary alicyclic amines) is 1. The fourth-order valence-corrected chi connectivity index (χ4v) is 4.73. The van der Waals surface area contributed by atoms with Crippen LogP contribution in [0.5, 0.6) is 0 Å². The van der Waals surface area contributed by atoms with E-state index in [0.29, 0.717) is 6.54 Å². The average Bonchev–Trinajstić information content (AvgIpc) is 2.80. The largest absolute Gasteiger partial charge is 0.362 e. The number of nitrogens with one attached hydrogen (secondary N) is 1. The van der Waals surface area contributed by atoms with E-state index in [-0.39, 0.29) is 11.6 Å². The highest BCUT2D eigenvalue weighted by atomic mass is 16.2. The Labute approximate surface area is 183 Å². The Balaban J connectivity index is 1.40. The van der Waals surface area contributed by atoms with Gasteiger partial charge >= 0.3 is 0 Å². The Morgan fingerprint density at radius 2 is 1.68 bits per heavy atom. The van der Waals surface area contributed by atoms with Crippen LogP contribution in [0.3, 0.4) is 0 Å². The minimum Gasteiger partial charge on any atom is -0.362 e. The van der Waals surface area contributed by atoms with Crippen molar-refractivity contribution < 1.29 is 4.79 Å². The summed E-state index contributed by atoms with van der Waals surface area (Å²) in [5.74, 6) is 0.119. The lowest BCUT2D eigenvalue weighted by Crippen LogP contribution is -2.63. The van der Waals surface area contributed by atoms with Gasteiger partial charge in [-0.1, -0.05) is 48.0 Å². The Morgan fingerprint density at radius 3 is 2.42 bits per heavy atom. The third-order valence-corrected chi connectivity index (χ3v) is 6.54. The van der Waals surface area contributed by atoms with Crippen LogP contribution < -0.4 is 5.32 Å². The van der Waals surface area contributed by atoms with E-state index in [4.69, 9.17) is 0 Å². The second-order valence-electron chi connectivity index (χ2n) is 8.68. The van der Waals surface area contributed by atoms with Crippen LogP contribution in [0.1, 0.15) is 40.0 Å². The highest BCUT2D eigenvalue weighted by molar-refractivity contribution is 6.02. The molecule has 1 fully saturated rings. The summed E-state index contributed by atoms with van der Waals surface area (Å²) in [4.78, 5) is 22.6. The molecule has 2 aliphatic rings. The first-order valence-corrected chi connectivity index (χ1v) is 11.0. The topological polar surface area (TPSA) is 48.5 Å². The molecule has 3 heterocycles. The number of aryl methyl sites for hydroxylation is 1. The van der Waals surface area contributed by atoms with Gasteiger partial charge in [-0.15, -0.1) is 0 Å². The van der Waals surface area contributed by atoms with Crippen LogP contribution >= 0.6 is 0 Å². The molecule has 0 radical (unpaired) electrons. The van der Waals surface area contributed by atoms with E-state index in [1.54, 1.807) is 0 Å². The number of anilines is 1. The minimum atomic E-state index is -0.364. The first-order chi connectivity index (χ1) is 15.1. The van der Waals surface area contributed by atoms with Crippen LogP contribution in [-0.2, 0) is 13.1 Å². The molecule has 0 bridgehead atoms. The van der Waals surface area contributed by atoms with Crippen molar-refractivity contribution >= 4 is 11.6 Å². The molecule has 31 heavy (non-hydrogen) atoms. The van der Waals surface area contributed by atoms with Crippen LogP contribution in [0, 0.1) is 6.92 Å². The summed E-state index contributed by atoms with van der Waals surface area (Å²) in [6.07, 6.45) is 3.61. The zero-order valence-electron chi connectivity index (χ0n) is 17.9. The number of pyridine rings is 1. The van der Waals surface area contributed by atoms with E-state index in [0.717, 1.165) is 55.0 Å². The van der Waals surface area contributed by atoms with Gasteiger partial charge in [0.15, 0.2) is 0 Å². The molecule has 0 aliphatic carbocycles. The maximum atomic E-state index is 13.6. The Bertz CT molecular complexity index is 1060. The van der Waals surface area contributed by atoms with Crippen LogP contribution in [0.25, 0.3) is 0 Å². The molecule has 5 rings (SSSR count). The molecular formula is C26H28N4O. The van der Waals surface area contributed by atoms with Gasteiger partial charge in [0.05, 0.1) is 11.3 Å². The van der Waals surface area contributed by atoms with E-state index in [2.05, 4.69) is 57.4 Å². The van der Waals surface area contributed by atoms with Crippen LogP contribution in [0.4, 0.5) is 5.69 Å². The van der Waals surface area contributed by atoms with Crippen molar-refractivity contribution in [2.45, 2.75) is 38.5 Å². The summed E-state index contributed by atoms with van der Waals surface area (Å²) in [6, 6.07) is 22.5. The molecule has 0 unspecified atom stereocenters. The number of amides is 1. The number of piperidine rings is 1. The van der Waals surface area contributed by atoms with Crippen molar-refractivity contribution in [3.8, 4) is 0 Å². The molecular weight excluding hydrogens is 384 g/mol. The van der Waals surface area contributed by atoms with Crippen molar-refractivity contribution in [2.24, 2.45) is 0 Å². The highest BCUT2D eigenvalue weighted by Gasteiger charge is 2.46. The summed E-state index contributed by atoms with van der Waals surface area (Å²) >= 11 is 0. The zero-order valence-corrected chi connectivity index (χ0v) is 17.9. The predicted molar refractivity (Wildman–Crippen MR) is 123 cm³/mol. The van der Waals surface area contributed by atoms with Crippen molar-refractivity contribution in [2.75, 3.05) is 18.4 Å². The predicted octanol–water partition coefficient (Wildman–Crippen LogP) is 4.45. The first-order valence-electron chi connectivity index (χ1n) is 11.0. The molecule has 2 aromatic carbocycles. The lowest BCUT2D eigenvalue weighted by molar-refractivity contribution is 0.0220. The molecule has 1 spiro atoms. The number of benzene rings is 2. The second-order valence-corrected chi connectivity index (χ2v) is 8.68. The van der Waals surface area contributed by atoms with Gasteiger partial charge in [-0.2, -0.15) is 0 Å². The summed E-state index contributed by atoms with van der Waals surface area (Å²) in [7, 11) is 0. The fourth-order valence-electron chi connectivity index (χ4n) is 4.73. The quantitative estimate of drug-likeness (QED) is 0.688. The number of rotatable bonds is 4. The molecule has 1 amide bonds. The SMILES string of the molecule is Cc1ccc(CN2C(=O)c3ccccc3NC23CCN(Cc2ccccn2)CC3)cc1. The third kappa shape index (κ3) is 3.93. The van der Waals surface area contributed by atoms with Gasteiger partial charge in [-0.25, -0.2) is 0 Å². The molecule has 5 heteroatoms. The number of carbonyl (C=O) groups is 1. The van der Waals surface area contributed by atoms with E-state index in [1.165, 1.54) is 5.56 Å².